The van der Waals surface area contributed by atoms with Gasteiger partial charge in [-0.2, -0.15) is 4.68 Å². The van der Waals surface area contributed by atoms with Crippen molar-refractivity contribution in [2.75, 3.05) is 31.9 Å². The second kappa shape index (κ2) is 8.30. The zero-order valence-corrected chi connectivity index (χ0v) is 15.8. The highest BCUT2D eigenvalue weighted by molar-refractivity contribution is 6.06. The van der Waals surface area contributed by atoms with Crippen molar-refractivity contribution in [3.8, 4) is 22.9 Å². The molecule has 0 fully saturated rings. The van der Waals surface area contributed by atoms with Gasteiger partial charge in [-0.25, -0.2) is 0 Å². The first-order valence-corrected chi connectivity index (χ1v) is 8.55. The predicted octanol–water partition coefficient (Wildman–Crippen LogP) is 2.52. The number of anilines is 2. The molecular formula is C19H21N5O4. The summed E-state index contributed by atoms with van der Waals surface area (Å²) in [5, 5.41) is 10.6. The average Bonchev–Trinajstić information content (AvgIpc) is 3.10. The Morgan fingerprint density at radius 1 is 1.11 bits per heavy atom. The van der Waals surface area contributed by atoms with Crippen LogP contribution in [0, 0.1) is 0 Å². The second-order valence-electron chi connectivity index (χ2n) is 5.68. The van der Waals surface area contributed by atoms with Crippen molar-refractivity contribution in [3.05, 3.63) is 48.2 Å². The van der Waals surface area contributed by atoms with E-state index in [1.807, 2.05) is 6.92 Å². The van der Waals surface area contributed by atoms with E-state index in [1.165, 1.54) is 18.9 Å². The van der Waals surface area contributed by atoms with Crippen LogP contribution in [0.5, 0.6) is 17.2 Å². The zero-order chi connectivity index (χ0) is 20.1. The number of carbonyl (C=O) groups excluding carboxylic acids is 1. The zero-order valence-electron chi connectivity index (χ0n) is 15.8. The molecule has 2 aromatic carbocycles. The van der Waals surface area contributed by atoms with Gasteiger partial charge in [-0.1, -0.05) is 5.21 Å². The Morgan fingerprint density at radius 2 is 1.82 bits per heavy atom. The molecule has 0 saturated carbocycles. The van der Waals surface area contributed by atoms with Gasteiger partial charge >= 0.3 is 0 Å². The van der Waals surface area contributed by atoms with Crippen molar-refractivity contribution in [3.63, 3.8) is 0 Å². The van der Waals surface area contributed by atoms with Crippen LogP contribution in [0.1, 0.15) is 17.4 Å². The number of benzene rings is 2. The quantitative estimate of drug-likeness (QED) is 0.644. The predicted molar refractivity (Wildman–Crippen MR) is 104 cm³/mol. The largest absolute Gasteiger partial charge is 0.497 e. The number of nitrogens with two attached hydrogens (primary N) is 1. The third kappa shape index (κ3) is 3.83. The normalized spacial score (nSPS) is 10.4. The van der Waals surface area contributed by atoms with Crippen molar-refractivity contribution in [1.82, 2.24) is 15.0 Å². The summed E-state index contributed by atoms with van der Waals surface area (Å²) in [4.78, 5) is 12.7. The minimum absolute atomic E-state index is 0.00115. The number of hydrogen-bond acceptors (Lipinski definition) is 7. The van der Waals surface area contributed by atoms with Crippen LogP contribution in [0.25, 0.3) is 5.69 Å². The number of hydrogen-bond donors (Lipinski definition) is 2. The standard InChI is InChI=1S/C19H21N5O4/c1-4-28-13-7-5-12(6-8-13)24-18(20)17(22-23-24)19(25)21-15-11-14(26-2)9-10-16(15)27-3/h5-11H,4,20H2,1-3H3,(H,21,25). The SMILES string of the molecule is CCOc1ccc(-n2nnc(C(=O)Nc3cc(OC)ccc3OC)c2N)cc1. The molecule has 0 atom stereocenters. The first-order valence-electron chi connectivity index (χ1n) is 8.55. The lowest BCUT2D eigenvalue weighted by atomic mass is 10.2. The fourth-order valence-corrected chi connectivity index (χ4v) is 2.59. The van der Waals surface area contributed by atoms with Crippen molar-refractivity contribution < 1.29 is 19.0 Å². The fourth-order valence-electron chi connectivity index (χ4n) is 2.59. The molecule has 9 nitrogen and oxygen atoms in total. The highest BCUT2D eigenvalue weighted by atomic mass is 16.5. The van der Waals surface area contributed by atoms with Crippen LogP contribution in [-0.2, 0) is 0 Å². The van der Waals surface area contributed by atoms with Gasteiger partial charge in [0.25, 0.3) is 5.91 Å². The molecule has 3 rings (SSSR count). The van der Waals surface area contributed by atoms with Crippen LogP contribution in [0.2, 0.25) is 0 Å². The molecular weight excluding hydrogens is 362 g/mol. The van der Waals surface area contributed by atoms with Gasteiger partial charge in [0, 0.05) is 6.07 Å². The van der Waals surface area contributed by atoms with Crippen LogP contribution in [0.3, 0.4) is 0 Å². The van der Waals surface area contributed by atoms with Crippen LogP contribution < -0.4 is 25.3 Å². The minimum atomic E-state index is -0.513. The summed E-state index contributed by atoms with van der Waals surface area (Å²) in [5.74, 6) is 1.38. The average molecular weight is 383 g/mol. The summed E-state index contributed by atoms with van der Waals surface area (Å²) in [6.45, 7) is 2.48. The van der Waals surface area contributed by atoms with E-state index in [0.29, 0.717) is 29.5 Å². The molecule has 3 aromatic rings. The highest BCUT2D eigenvalue weighted by Gasteiger charge is 2.20. The Morgan fingerprint density at radius 3 is 2.46 bits per heavy atom. The number of nitrogens with zero attached hydrogens (tertiary/aromatic N) is 3. The third-order valence-electron chi connectivity index (χ3n) is 3.97. The number of ether oxygens (including phenoxy) is 3. The smallest absolute Gasteiger partial charge is 0.280 e. The van der Waals surface area contributed by atoms with E-state index in [9.17, 15) is 4.79 Å². The Balaban J connectivity index is 1.84. The van der Waals surface area contributed by atoms with Gasteiger partial charge in [-0.15, -0.1) is 5.10 Å². The maximum absolute atomic E-state index is 12.7. The molecule has 0 radical (unpaired) electrons. The summed E-state index contributed by atoms with van der Waals surface area (Å²) >= 11 is 0. The summed E-state index contributed by atoms with van der Waals surface area (Å²) in [6.07, 6.45) is 0. The van der Waals surface area contributed by atoms with Crippen LogP contribution >= 0.6 is 0 Å². The molecule has 0 aliphatic carbocycles. The topological polar surface area (TPSA) is 114 Å². The second-order valence-corrected chi connectivity index (χ2v) is 5.68. The number of nitrogen functional groups attached to an aromatic ring is 1. The molecule has 3 N–H and O–H groups in total. The van der Waals surface area contributed by atoms with Gasteiger partial charge in [0.2, 0.25) is 0 Å². The van der Waals surface area contributed by atoms with E-state index in [1.54, 1.807) is 42.5 Å². The Bertz CT molecular complexity index is 969. The number of aromatic nitrogens is 3. The summed E-state index contributed by atoms with van der Waals surface area (Å²) in [6, 6.07) is 12.2. The molecule has 146 valence electrons. The van der Waals surface area contributed by atoms with Crippen molar-refractivity contribution >= 4 is 17.4 Å². The van der Waals surface area contributed by atoms with Gasteiger partial charge in [-0.3, -0.25) is 4.79 Å². The van der Waals surface area contributed by atoms with Crippen molar-refractivity contribution in [2.24, 2.45) is 0 Å². The number of amides is 1. The molecule has 28 heavy (non-hydrogen) atoms. The Hall–Kier alpha value is -3.75. The molecule has 1 heterocycles. The number of rotatable bonds is 7. The summed E-state index contributed by atoms with van der Waals surface area (Å²) in [5.41, 5.74) is 7.19. The molecule has 0 bridgehead atoms. The van der Waals surface area contributed by atoms with Gasteiger partial charge < -0.3 is 25.3 Å². The summed E-state index contributed by atoms with van der Waals surface area (Å²) in [7, 11) is 3.04. The van der Waals surface area contributed by atoms with E-state index in [4.69, 9.17) is 19.9 Å². The van der Waals surface area contributed by atoms with E-state index in [0.717, 1.165) is 5.75 Å². The number of nitrogens with one attached hydrogen (secondary N) is 1. The fraction of sp³-hybridized carbons (Fsp3) is 0.211. The third-order valence-corrected chi connectivity index (χ3v) is 3.97. The molecule has 0 saturated heterocycles. The Kier molecular flexibility index (Phi) is 5.64. The lowest BCUT2D eigenvalue weighted by Crippen LogP contribution is -2.15. The van der Waals surface area contributed by atoms with Gasteiger partial charge in [0.15, 0.2) is 11.5 Å². The lowest BCUT2D eigenvalue weighted by Gasteiger charge is -2.11. The molecule has 1 amide bonds. The van der Waals surface area contributed by atoms with Gasteiger partial charge in [0.1, 0.15) is 17.2 Å². The highest BCUT2D eigenvalue weighted by Crippen LogP contribution is 2.29. The van der Waals surface area contributed by atoms with Gasteiger partial charge in [0.05, 0.1) is 32.2 Å². The molecule has 9 heteroatoms. The van der Waals surface area contributed by atoms with Crippen molar-refractivity contribution in [1.29, 1.82) is 0 Å². The molecule has 0 spiro atoms. The molecule has 0 aliphatic heterocycles. The number of methoxy groups -OCH3 is 2. The van der Waals surface area contributed by atoms with Gasteiger partial charge in [-0.05, 0) is 43.3 Å². The van der Waals surface area contributed by atoms with E-state index in [-0.39, 0.29) is 11.5 Å². The lowest BCUT2D eigenvalue weighted by molar-refractivity contribution is 0.102. The Labute approximate surface area is 162 Å². The maximum Gasteiger partial charge on any atom is 0.280 e. The number of carbonyl (C=O) groups is 1. The van der Waals surface area contributed by atoms with Crippen molar-refractivity contribution in [2.45, 2.75) is 6.92 Å². The molecule has 1 aromatic heterocycles. The van der Waals surface area contributed by atoms with E-state index >= 15 is 0 Å². The minimum Gasteiger partial charge on any atom is -0.497 e. The monoisotopic (exact) mass is 383 g/mol. The first kappa shape index (κ1) is 19.0. The van der Waals surface area contributed by atoms with E-state index in [2.05, 4.69) is 15.6 Å². The van der Waals surface area contributed by atoms with Crippen LogP contribution in [0.4, 0.5) is 11.5 Å². The first-order chi connectivity index (χ1) is 13.6. The van der Waals surface area contributed by atoms with E-state index < -0.39 is 5.91 Å². The van der Waals surface area contributed by atoms with Crippen LogP contribution in [0.15, 0.2) is 42.5 Å². The summed E-state index contributed by atoms with van der Waals surface area (Å²) < 4.78 is 17.2. The molecule has 0 unspecified atom stereocenters. The maximum atomic E-state index is 12.7. The molecule has 0 aliphatic rings. The van der Waals surface area contributed by atoms with Crippen LogP contribution in [-0.4, -0.2) is 41.7 Å².